The van der Waals surface area contributed by atoms with Gasteiger partial charge in [-0.1, -0.05) is 11.2 Å². The van der Waals surface area contributed by atoms with Crippen molar-refractivity contribution in [2.75, 3.05) is 0 Å². The molecule has 7 heteroatoms. The van der Waals surface area contributed by atoms with Gasteiger partial charge in [-0.3, -0.25) is 9.48 Å². The third-order valence-corrected chi connectivity index (χ3v) is 5.03. The van der Waals surface area contributed by atoms with E-state index in [2.05, 4.69) is 21.6 Å². The van der Waals surface area contributed by atoms with Gasteiger partial charge < -0.3 is 14.6 Å². The molecule has 3 aromatic rings. The molecule has 29 heavy (non-hydrogen) atoms. The van der Waals surface area contributed by atoms with Crippen molar-refractivity contribution in [1.82, 2.24) is 20.3 Å². The molecule has 0 saturated carbocycles. The predicted molar refractivity (Wildman–Crippen MR) is 110 cm³/mol. The van der Waals surface area contributed by atoms with E-state index < -0.39 is 0 Å². The number of benzene rings is 1. The van der Waals surface area contributed by atoms with Gasteiger partial charge in [0.2, 0.25) is 0 Å². The quantitative estimate of drug-likeness (QED) is 0.647. The summed E-state index contributed by atoms with van der Waals surface area (Å²) in [6.45, 7) is 12.8. The molecule has 7 nitrogen and oxygen atoms in total. The number of nitrogens with zero attached hydrogens (tertiary/aromatic N) is 3. The third kappa shape index (κ3) is 4.50. The van der Waals surface area contributed by atoms with E-state index in [1.165, 1.54) is 0 Å². The Morgan fingerprint density at radius 1 is 1.21 bits per heavy atom. The highest BCUT2D eigenvalue weighted by atomic mass is 16.5. The number of rotatable bonds is 7. The highest BCUT2D eigenvalue weighted by molar-refractivity contribution is 5.94. The average molecular weight is 396 g/mol. The molecule has 0 saturated heterocycles. The number of hydrogen-bond donors (Lipinski definition) is 1. The van der Waals surface area contributed by atoms with E-state index in [0.29, 0.717) is 11.3 Å². The Labute approximate surface area is 171 Å². The first-order valence-electron chi connectivity index (χ1n) is 9.79. The molecule has 154 valence electrons. The first kappa shape index (κ1) is 20.6. The molecule has 0 radical (unpaired) electrons. The molecule has 0 spiro atoms. The van der Waals surface area contributed by atoms with Gasteiger partial charge in [-0.15, -0.1) is 0 Å². The van der Waals surface area contributed by atoms with Crippen molar-refractivity contribution in [1.29, 1.82) is 0 Å². The number of aryl methyl sites for hydroxylation is 4. The molecule has 0 aliphatic carbocycles. The fourth-order valence-electron chi connectivity index (χ4n) is 3.46. The first-order valence-corrected chi connectivity index (χ1v) is 9.79. The summed E-state index contributed by atoms with van der Waals surface area (Å²) in [7, 11) is 0. The van der Waals surface area contributed by atoms with E-state index in [0.717, 1.165) is 34.7 Å². The van der Waals surface area contributed by atoms with E-state index in [1.54, 1.807) is 13.1 Å². The number of ether oxygens (including phenoxy) is 1. The summed E-state index contributed by atoms with van der Waals surface area (Å²) in [6.07, 6.45) is 1.79. The van der Waals surface area contributed by atoms with Crippen LogP contribution in [0.15, 0.2) is 28.9 Å². The number of nitrogens with one attached hydrogen (secondary N) is 1. The van der Waals surface area contributed by atoms with Crippen LogP contribution in [-0.4, -0.2) is 20.8 Å². The lowest BCUT2D eigenvalue weighted by atomic mass is 10.1. The van der Waals surface area contributed by atoms with Crippen LogP contribution >= 0.6 is 0 Å². The Balaban J connectivity index is 1.73. The second kappa shape index (κ2) is 8.51. The topological polar surface area (TPSA) is 82.2 Å². The maximum atomic E-state index is 12.9. The second-order valence-electron chi connectivity index (χ2n) is 7.37. The second-order valence-corrected chi connectivity index (χ2v) is 7.37. The lowest BCUT2D eigenvalue weighted by Crippen LogP contribution is -2.28. The van der Waals surface area contributed by atoms with Gasteiger partial charge in [0.05, 0.1) is 17.8 Å². The summed E-state index contributed by atoms with van der Waals surface area (Å²) < 4.78 is 13.1. The Bertz CT molecular complexity index is 999. The molecular formula is C22H28N4O3. The Kier molecular flexibility index (Phi) is 6.06. The van der Waals surface area contributed by atoms with E-state index in [9.17, 15) is 4.79 Å². The van der Waals surface area contributed by atoms with E-state index >= 15 is 0 Å². The summed E-state index contributed by atoms with van der Waals surface area (Å²) in [4.78, 5) is 12.9. The zero-order valence-electron chi connectivity index (χ0n) is 17.9. The zero-order chi connectivity index (χ0) is 21.1. The number of carbonyl (C=O) groups is 1. The standard InChI is InChI=1S/C22H28N4O3/c1-7-26-16(5)19(11-23-26)15(4)24-22(27)21-20(17(6)29-25-21)12-28-18-9-13(2)8-14(3)10-18/h8-11,15H,7,12H2,1-6H3,(H,24,27). The van der Waals surface area contributed by atoms with Crippen LogP contribution in [0, 0.1) is 27.7 Å². The molecular weight excluding hydrogens is 368 g/mol. The van der Waals surface area contributed by atoms with Crippen LogP contribution in [-0.2, 0) is 13.2 Å². The number of hydrogen-bond acceptors (Lipinski definition) is 5. The molecule has 1 aromatic carbocycles. The van der Waals surface area contributed by atoms with E-state index in [-0.39, 0.29) is 24.2 Å². The maximum Gasteiger partial charge on any atom is 0.274 e. The van der Waals surface area contributed by atoms with Crippen LogP contribution in [0.5, 0.6) is 5.75 Å². The lowest BCUT2D eigenvalue weighted by Gasteiger charge is -2.14. The minimum atomic E-state index is -0.294. The van der Waals surface area contributed by atoms with Crippen LogP contribution in [0.2, 0.25) is 0 Å². The summed E-state index contributed by atoms with van der Waals surface area (Å²) in [6, 6.07) is 5.81. The van der Waals surface area contributed by atoms with Crippen LogP contribution in [0.25, 0.3) is 0 Å². The highest BCUT2D eigenvalue weighted by Crippen LogP contribution is 2.22. The fraction of sp³-hybridized carbons (Fsp3) is 0.409. The van der Waals surface area contributed by atoms with Gasteiger partial charge in [0.15, 0.2) is 5.69 Å². The van der Waals surface area contributed by atoms with Crippen LogP contribution in [0.1, 0.15) is 64.1 Å². The molecule has 2 aromatic heterocycles. The number of amides is 1. The summed E-state index contributed by atoms with van der Waals surface area (Å²) in [5, 5.41) is 11.3. The largest absolute Gasteiger partial charge is 0.489 e. The average Bonchev–Trinajstić information content (AvgIpc) is 3.21. The monoisotopic (exact) mass is 396 g/mol. The van der Waals surface area contributed by atoms with Gasteiger partial charge in [0.25, 0.3) is 5.91 Å². The van der Waals surface area contributed by atoms with Gasteiger partial charge in [-0.2, -0.15) is 5.10 Å². The molecule has 1 amide bonds. The van der Waals surface area contributed by atoms with Crippen molar-refractivity contribution < 1.29 is 14.1 Å². The van der Waals surface area contributed by atoms with Gasteiger partial charge in [0, 0.05) is 17.8 Å². The van der Waals surface area contributed by atoms with Crippen molar-refractivity contribution in [2.24, 2.45) is 0 Å². The predicted octanol–water partition coefficient (Wildman–Crippen LogP) is 4.19. The van der Waals surface area contributed by atoms with Gasteiger partial charge >= 0.3 is 0 Å². The fourth-order valence-corrected chi connectivity index (χ4v) is 3.46. The molecule has 0 bridgehead atoms. The van der Waals surface area contributed by atoms with E-state index in [4.69, 9.17) is 9.26 Å². The summed E-state index contributed by atoms with van der Waals surface area (Å²) >= 11 is 0. The molecule has 2 heterocycles. The minimum absolute atomic E-state index is 0.201. The van der Waals surface area contributed by atoms with Crippen molar-refractivity contribution in [3.05, 3.63) is 63.8 Å². The smallest absolute Gasteiger partial charge is 0.274 e. The minimum Gasteiger partial charge on any atom is -0.489 e. The molecule has 1 N–H and O–H groups in total. The van der Waals surface area contributed by atoms with Crippen molar-refractivity contribution in [3.63, 3.8) is 0 Å². The van der Waals surface area contributed by atoms with Crippen molar-refractivity contribution in [2.45, 2.75) is 60.7 Å². The SMILES string of the molecule is CCn1ncc(C(C)NC(=O)c2noc(C)c2COc2cc(C)cc(C)c2)c1C. The molecule has 0 aliphatic rings. The molecule has 3 rings (SSSR count). The van der Waals surface area contributed by atoms with Gasteiger partial charge in [-0.05, 0) is 64.8 Å². The first-order chi connectivity index (χ1) is 13.8. The normalized spacial score (nSPS) is 12.1. The third-order valence-electron chi connectivity index (χ3n) is 5.03. The maximum absolute atomic E-state index is 12.9. The number of carbonyl (C=O) groups excluding carboxylic acids is 1. The van der Waals surface area contributed by atoms with Gasteiger partial charge in [-0.25, -0.2) is 0 Å². The molecule has 1 unspecified atom stereocenters. The summed E-state index contributed by atoms with van der Waals surface area (Å²) in [5.41, 5.74) is 5.16. The highest BCUT2D eigenvalue weighted by Gasteiger charge is 2.23. The molecule has 0 fully saturated rings. The molecule has 1 atom stereocenters. The van der Waals surface area contributed by atoms with Crippen LogP contribution < -0.4 is 10.1 Å². The van der Waals surface area contributed by atoms with Crippen LogP contribution in [0.4, 0.5) is 0 Å². The van der Waals surface area contributed by atoms with Crippen molar-refractivity contribution >= 4 is 5.91 Å². The lowest BCUT2D eigenvalue weighted by molar-refractivity contribution is 0.0928. The summed E-state index contributed by atoms with van der Waals surface area (Å²) in [5.74, 6) is 1.03. The zero-order valence-corrected chi connectivity index (χ0v) is 17.9. The van der Waals surface area contributed by atoms with E-state index in [1.807, 2.05) is 51.4 Å². The Morgan fingerprint density at radius 2 is 1.90 bits per heavy atom. The Hall–Kier alpha value is -3.09. The van der Waals surface area contributed by atoms with Crippen LogP contribution in [0.3, 0.4) is 0 Å². The van der Waals surface area contributed by atoms with Gasteiger partial charge in [0.1, 0.15) is 18.1 Å². The molecule has 0 aliphatic heterocycles. The Morgan fingerprint density at radius 3 is 2.52 bits per heavy atom. The van der Waals surface area contributed by atoms with Crippen molar-refractivity contribution in [3.8, 4) is 5.75 Å². The number of aromatic nitrogens is 3.